The Balaban J connectivity index is 1.42. The minimum atomic E-state index is 0.196. The average Bonchev–Trinajstić information content (AvgIpc) is 2.96. The summed E-state index contributed by atoms with van der Waals surface area (Å²) in [6, 6.07) is 8.02. The largest absolute Gasteiger partial charge is 0.493 e. The summed E-state index contributed by atoms with van der Waals surface area (Å²) < 4.78 is 11.2. The molecule has 0 aliphatic carbocycles. The molecule has 2 heterocycles. The molecule has 1 aromatic rings. The van der Waals surface area contributed by atoms with Crippen molar-refractivity contribution in [2.75, 3.05) is 32.9 Å². The van der Waals surface area contributed by atoms with Gasteiger partial charge in [0.05, 0.1) is 19.6 Å². The van der Waals surface area contributed by atoms with E-state index in [0.29, 0.717) is 13.0 Å². The van der Waals surface area contributed by atoms with E-state index >= 15 is 0 Å². The zero-order chi connectivity index (χ0) is 14.7. The van der Waals surface area contributed by atoms with Crippen molar-refractivity contribution in [3.05, 3.63) is 29.8 Å². The van der Waals surface area contributed by atoms with Crippen molar-refractivity contribution in [1.82, 2.24) is 4.90 Å². The van der Waals surface area contributed by atoms with Crippen molar-refractivity contribution in [3.63, 3.8) is 0 Å². The van der Waals surface area contributed by atoms with Crippen molar-refractivity contribution < 1.29 is 14.3 Å². The van der Waals surface area contributed by atoms with Crippen LogP contribution in [0.3, 0.4) is 0 Å². The maximum Gasteiger partial charge on any atom is 0.226 e. The minimum absolute atomic E-state index is 0.196. The van der Waals surface area contributed by atoms with Crippen molar-refractivity contribution in [2.24, 2.45) is 5.41 Å². The van der Waals surface area contributed by atoms with Gasteiger partial charge >= 0.3 is 0 Å². The van der Waals surface area contributed by atoms with Crippen molar-refractivity contribution in [2.45, 2.75) is 26.2 Å². The molecule has 0 N–H and O–H groups in total. The summed E-state index contributed by atoms with van der Waals surface area (Å²) in [4.78, 5) is 14.0. The first-order valence-electron chi connectivity index (χ1n) is 7.79. The highest BCUT2D eigenvalue weighted by Gasteiger charge is 2.47. The molecule has 1 aromatic carbocycles. The van der Waals surface area contributed by atoms with Crippen LogP contribution in [0, 0.1) is 5.41 Å². The fraction of sp³-hybridized carbons (Fsp3) is 0.588. The molecule has 0 aromatic heterocycles. The normalized spacial score (nSPS) is 19.6. The fourth-order valence-electron chi connectivity index (χ4n) is 3.18. The highest BCUT2D eigenvalue weighted by atomic mass is 16.5. The third-order valence-electron chi connectivity index (χ3n) is 4.52. The maximum absolute atomic E-state index is 12.1. The standard InChI is InChI=1S/C17H23NO3/c1-2-14-5-3-4-6-15(14)21-9-7-16(19)18-11-17(12-18)8-10-20-13-17/h3-6H,2,7-13H2,1H3. The van der Waals surface area contributed by atoms with Gasteiger partial charge in [0.1, 0.15) is 5.75 Å². The molecule has 0 radical (unpaired) electrons. The first kappa shape index (κ1) is 14.4. The van der Waals surface area contributed by atoms with E-state index in [1.54, 1.807) is 0 Å². The molecule has 1 amide bonds. The number of hydrogen-bond donors (Lipinski definition) is 0. The number of likely N-dealkylation sites (tertiary alicyclic amines) is 1. The highest BCUT2D eigenvalue weighted by Crippen LogP contribution is 2.38. The lowest BCUT2D eigenvalue weighted by Gasteiger charge is -2.47. The van der Waals surface area contributed by atoms with Crippen LogP contribution in [0.2, 0.25) is 0 Å². The molecular weight excluding hydrogens is 266 g/mol. The lowest BCUT2D eigenvalue weighted by Crippen LogP contribution is -2.58. The Bertz CT molecular complexity index is 501. The van der Waals surface area contributed by atoms with Crippen molar-refractivity contribution in [3.8, 4) is 5.75 Å². The molecule has 2 aliphatic rings. The van der Waals surface area contributed by atoms with E-state index in [4.69, 9.17) is 9.47 Å². The summed E-state index contributed by atoms with van der Waals surface area (Å²) in [5, 5.41) is 0. The number of carbonyl (C=O) groups excluding carboxylic acids is 1. The predicted octanol–water partition coefficient (Wildman–Crippen LogP) is 2.27. The Kier molecular flexibility index (Phi) is 4.15. The van der Waals surface area contributed by atoms with Gasteiger partial charge in [-0.2, -0.15) is 0 Å². The van der Waals surface area contributed by atoms with E-state index in [0.717, 1.165) is 44.9 Å². The molecule has 2 fully saturated rings. The molecule has 0 atom stereocenters. The van der Waals surface area contributed by atoms with E-state index in [-0.39, 0.29) is 11.3 Å². The van der Waals surface area contributed by atoms with Gasteiger partial charge in [-0.3, -0.25) is 4.79 Å². The smallest absolute Gasteiger partial charge is 0.226 e. The Morgan fingerprint density at radius 2 is 2.19 bits per heavy atom. The highest BCUT2D eigenvalue weighted by molar-refractivity contribution is 5.77. The maximum atomic E-state index is 12.1. The van der Waals surface area contributed by atoms with Gasteiger partial charge in [0.25, 0.3) is 0 Å². The first-order valence-corrected chi connectivity index (χ1v) is 7.79. The second kappa shape index (κ2) is 6.06. The topological polar surface area (TPSA) is 38.8 Å². The van der Waals surface area contributed by atoms with Crippen LogP contribution in [0.15, 0.2) is 24.3 Å². The molecule has 0 saturated carbocycles. The second-order valence-electron chi connectivity index (χ2n) is 6.11. The zero-order valence-electron chi connectivity index (χ0n) is 12.6. The summed E-state index contributed by atoms with van der Waals surface area (Å²) in [7, 11) is 0. The van der Waals surface area contributed by atoms with E-state index in [2.05, 4.69) is 13.0 Å². The summed E-state index contributed by atoms with van der Waals surface area (Å²) in [6.45, 7) is 5.94. The number of rotatable bonds is 5. The van der Waals surface area contributed by atoms with E-state index in [9.17, 15) is 4.79 Å². The zero-order valence-corrected chi connectivity index (χ0v) is 12.6. The van der Waals surface area contributed by atoms with Crippen LogP contribution in [0.25, 0.3) is 0 Å². The molecule has 2 aliphatic heterocycles. The lowest BCUT2D eigenvalue weighted by molar-refractivity contribution is -0.143. The van der Waals surface area contributed by atoms with Gasteiger partial charge in [0.2, 0.25) is 5.91 Å². The summed E-state index contributed by atoms with van der Waals surface area (Å²) >= 11 is 0. The number of aryl methyl sites for hydroxylation is 1. The molecule has 4 heteroatoms. The van der Waals surface area contributed by atoms with Gasteiger partial charge in [-0.15, -0.1) is 0 Å². The molecule has 114 valence electrons. The Labute approximate surface area is 126 Å². The summed E-state index contributed by atoms with van der Waals surface area (Å²) in [5.74, 6) is 1.10. The van der Waals surface area contributed by atoms with Gasteiger partial charge in [-0.1, -0.05) is 25.1 Å². The Morgan fingerprint density at radius 3 is 2.90 bits per heavy atom. The number of amides is 1. The van der Waals surface area contributed by atoms with Gasteiger partial charge in [-0.05, 0) is 24.5 Å². The number of hydrogen-bond acceptors (Lipinski definition) is 3. The summed E-state index contributed by atoms with van der Waals surface area (Å²) in [5.41, 5.74) is 1.46. The quantitative estimate of drug-likeness (QED) is 0.834. The van der Waals surface area contributed by atoms with E-state index < -0.39 is 0 Å². The third kappa shape index (κ3) is 3.05. The van der Waals surface area contributed by atoms with E-state index in [1.807, 2.05) is 23.1 Å². The van der Waals surface area contributed by atoms with Gasteiger partial charge in [0, 0.05) is 25.1 Å². The monoisotopic (exact) mass is 289 g/mol. The molecular formula is C17H23NO3. The molecule has 3 rings (SSSR count). The second-order valence-corrected chi connectivity index (χ2v) is 6.11. The van der Waals surface area contributed by atoms with Crippen LogP contribution < -0.4 is 4.74 Å². The number of benzene rings is 1. The number of nitrogens with zero attached hydrogens (tertiary/aromatic N) is 1. The molecule has 0 bridgehead atoms. The number of ether oxygens (including phenoxy) is 2. The van der Waals surface area contributed by atoms with Gasteiger partial charge < -0.3 is 14.4 Å². The van der Waals surface area contributed by atoms with Crippen molar-refractivity contribution in [1.29, 1.82) is 0 Å². The fourth-order valence-corrected chi connectivity index (χ4v) is 3.18. The van der Waals surface area contributed by atoms with Gasteiger partial charge in [-0.25, -0.2) is 0 Å². The van der Waals surface area contributed by atoms with Crippen LogP contribution >= 0.6 is 0 Å². The lowest BCUT2D eigenvalue weighted by atomic mass is 9.79. The molecule has 0 unspecified atom stereocenters. The van der Waals surface area contributed by atoms with E-state index in [1.165, 1.54) is 5.56 Å². The van der Waals surface area contributed by atoms with Crippen LogP contribution in [0.1, 0.15) is 25.3 Å². The predicted molar refractivity (Wildman–Crippen MR) is 80.4 cm³/mol. The third-order valence-corrected chi connectivity index (χ3v) is 4.52. The van der Waals surface area contributed by atoms with Gasteiger partial charge in [0.15, 0.2) is 0 Å². The van der Waals surface area contributed by atoms with Crippen LogP contribution in [0.4, 0.5) is 0 Å². The summed E-state index contributed by atoms with van der Waals surface area (Å²) in [6.07, 6.45) is 2.49. The van der Waals surface area contributed by atoms with Crippen molar-refractivity contribution >= 4 is 5.91 Å². The Hall–Kier alpha value is -1.55. The SMILES string of the molecule is CCc1ccccc1OCCC(=O)N1CC2(CCOC2)C1. The first-order chi connectivity index (χ1) is 10.2. The molecule has 4 nitrogen and oxygen atoms in total. The van der Waals surface area contributed by atoms with Crippen LogP contribution in [0.5, 0.6) is 5.75 Å². The molecule has 2 saturated heterocycles. The number of para-hydroxylation sites is 1. The van der Waals surface area contributed by atoms with Crippen LogP contribution in [-0.2, 0) is 16.0 Å². The average molecular weight is 289 g/mol. The van der Waals surface area contributed by atoms with Crippen LogP contribution in [-0.4, -0.2) is 43.7 Å². The molecule has 1 spiro atoms. The molecule has 21 heavy (non-hydrogen) atoms. The minimum Gasteiger partial charge on any atom is -0.493 e. The Morgan fingerprint density at radius 1 is 1.38 bits per heavy atom. The number of carbonyl (C=O) groups is 1.